The summed E-state index contributed by atoms with van der Waals surface area (Å²) < 4.78 is 5.72. The standard InChI is InChI=1S/C22H27N3O3/c1-17-6-9-20(10-7-17)28-14-13-24(2)22(27)18-8-11-21(26)25(15-18)16-19-5-3-4-12-23-19/h3-7,9-10,12,18H,8,11,13-16H2,1-2H3/t18-/m0/s1. The zero-order chi connectivity index (χ0) is 19.9. The van der Waals surface area contributed by atoms with Gasteiger partial charge in [-0.1, -0.05) is 23.8 Å². The molecular formula is C22H27N3O3. The minimum absolute atomic E-state index is 0.0611. The van der Waals surface area contributed by atoms with E-state index in [1.54, 1.807) is 23.0 Å². The van der Waals surface area contributed by atoms with E-state index in [1.165, 1.54) is 5.56 Å². The van der Waals surface area contributed by atoms with E-state index in [0.29, 0.717) is 39.1 Å². The van der Waals surface area contributed by atoms with Gasteiger partial charge in [-0.3, -0.25) is 14.6 Å². The van der Waals surface area contributed by atoms with E-state index < -0.39 is 0 Å². The molecule has 0 aliphatic carbocycles. The first-order valence-electron chi connectivity index (χ1n) is 9.65. The Balaban J connectivity index is 1.49. The number of ether oxygens (including phenoxy) is 1. The zero-order valence-electron chi connectivity index (χ0n) is 16.5. The Morgan fingerprint density at radius 2 is 2.04 bits per heavy atom. The Hall–Kier alpha value is -2.89. The Labute approximate surface area is 166 Å². The van der Waals surface area contributed by atoms with Gasteiger partial charge in [0.15, 0.2) is 0 Å². The summed E-state index contributed by atoms with van der Waals surface area (Å²) in [5, 5.41) is 0. The Morgan fingerprint density at radius 1 is 1.25 bits per heavy atom. The van der Waals surface area contributed by atoms with Crippen LogP contribution >= 0.6 is 0 Å². The number of aryl methyl sites for hydroxylation is 1. The second-order valence-corrected chi connectivity index (χ2v) is 7.25. The molecule has 0 radical (unpaired) electrons. The summed E-state index contributed by atoms with van der Waals surface area (Å²) in [4.78, 5) is 32.8. The van der Waals surface area contributed by atoms with Crippen molar-refractivity contribution in [3.8, 4) is 5.75 Å². The first-order valence-corrected chi connectivity index (χ1v) is 9.65. The van der Waals surface area contributed by atoms with Gasteiger partial charge in [0.1, 0.15) is 12.4 Å². The minimum atomic E-state index is -0.175. The highest BCUT2D eigenvalue weighted by molar-refractivity contribution is 5.83. The number of pyridine rings is 1. The Bertz CT molecular complexity index is 792. The number of aromatic nitrogens is 1. The van der Waals surface area contributed by atoms with Gasteiger partial charge < -0.3 is 14.5 Å². The first-order chi connectivity index (χ1) is 13.5. The summed E-state index contributed by atoms with van der Waals surface area (Å²) in [7, 11) is 1.79. The number of hydrogen-bond donors (Lipinski definition) is 0. The molecule has 2 amide bonds. The molecule has 28 heavy (non-hydrogen) atoms. The predicted molar refractivity (Wildman–Crippen MR) is 107 cm³/mol. The fourth-order valence-corrected chi connectivity index (χ4v) is 3.31. The molecule has 6 heteroatoms. The van der Waals surface area contributed by atoms with Gasteiger partial charge in [-0.2, -0.15) is 0 Å². The molecule has 1 fully saturated rings. The summed E-state index contributed by atoms with van der Waals surface area (Å²) in [6.07, 6.45) is 2.71. The van der Waals surface area contributed by atoms with Crippen LogP contribution in [0.1, 0.15) is 24.1 Å². The van der Waals surface area contributed by atoms with Gasteiger partial charge in [0, 0.05) is 26.2 Å². The molecule has 2 aromatic rings. The molecule has 0 N–H and O–H groups in total. The van der Waals surface area contributed by atoms with Crippen LogP contribution in [0.3, 0.4) is 0 Å². The molecule has 1 aromatic carbocycles. The number of piperidine rings is 1. The topological polar surface area (TPSA) is 62.7 Å². The number of carbonyl (C=O) groups is 2. The average molecular weight is 381 g/mol. The lowest BCUT2D eigenvalue weighted by Gasteiger charge is -2.33. The van der Waals surface area contributed by atoms with Crippen LogP contribution in [0.4, 0.5) is 0 Å². The summed E-state index contributed by atoms with van der Waals surface area (Å²) in [5.41, 5.74) is 2.02. The number of hydrogen-bond acceptors (Lipinski definition) is 4. The van der Waals surface area contributed by atoms with Crippen molar-refractivity contribution in [1.29, 1.82) is 0 Å². The third kappa shape index (κ3) is 5.31. The maximum atomic E-state index is 12.8. The highest BCUT2D eigenvalue weighted by Crippen LogP contribution is 2.21. The normalized spacial score (nSPS) is 16.7. The third-order valence-corrected chi connectivity index (χ3v) is 5.02. The van der Waals surface area contributed by atoms with Crippen molar-refractivity contribution < 1.29 is 14.3 Å². The van der Waals surface area contributed by atoms with Crippen LogP contribution in [0.25, 0.3) is 0 Å². The second-order valence-electron chi connectivity index (χ2n) is 7.25. The molecule has 0 saturated carbocycles. The van der Waals surface area contributed by atoms with E-state index >= 15 is 0 Å². The van der Waals surface area contributed by atoms with Gasteiger partial charge in [-0.05, 0) is 37.6 Å². The van der Waals surface area contributed by atoms with Crippen molar-refractivity contribution in [1.82, 2.24) is 14.8 Å². The summed E-state index contributed by atoms with van der Waals surface area (Å²) in [5.74, 6) is 0.771. The van der Waals surface area contributed by atoms with Crippen molar-refractivity contribution in [2.24, 2.45) is 5.92 Å². The molecule has 6 nitrogen and oxygen atoms in total. The molecule has 148 valence electrons. The number of nitrogens with zero attached hydrogens (tertiary/aromatic N) is 3. The van der Waals surface area contributed by atoms with Gasteiger partial charge >= 0.3 is 0 Å². The smallest absolute Gasteiger partial charge is 0.227 e. The molecule has 0 unspecified atom stereocenters. The quantitative estimate of drug-likeness (QED) is 0.740. The van der Waals surface area contributed by atoms with E-state index in [-0.39, 0.29) is 17.7 Å². The van der Waals surface area contributed by atoms with Gasteiger partial charge in [0.25, 0.3) is 0 Å². The van der Waals surface area contributed by atoms with Gasteiger partial charge in [-0.25, -0.2) is 0 Å². The van der Waals surface area contributed by atoms with Crippen molar-refractivity contribution in [3.05, 3.63) is 59.9 Å². The summed E-state index contributed by atoms with van der Waals surface area (Å²) in [6.45, 7) is 3.87. The number of likely N-dealkylation sites (tertiary alicyclic amines) is 1. The van der Waals surface area contributed by atoms with Gasteiger partial charge in [0.05, 0.1) is 24.7 Å². The fourth-order valence-electron chi connectivity index (χ4n) is 3.31. The first kappa shape index (κ1) is 19.9. The van der Waals surface area contributed by atoms with Crippen molar-refractivity contribution in [3.63, 3.8) is 0 Å². The molecule has 2 heterocycles. The number of amides is 2. The van der Waals surface area contributed by atoms with Crippen molar-refractivity contribution in [2.75, 3.05) is 26.7 Å². The number of likely N-dealkylation sites (N-methyl/N-ethyl adjacent to an activating group) is 1. The number of carbonyl (C=O) groups excluding carboxylic acids is 2. The highest BCUT2D eigenvalue weighted by atomic mass is 16.5. The molecule has 1 atom stereocenters. The molecular weight excluding hydrogens is 354 g/mol. The largest absolute Gasteiger partial charge is 0.492 e. The Kier molecular flexibility index (Phi) is 6.63. The van der Waals surface area contributed by atoms with E-state index in [0.717, 1.165) is 11.4 Å². The molecule has 1 saturated heterocycles. The maximum absolute atomic E-state index is 12.8. The monoisotopic (exact) mass is 381 g/mol. The molecule has 0 bridgehead atoms. The third-order valence-electron chi connectivity index (χ3n) is 5.02. The number of benzene rings is 1. The lowest BCUT2D eigenvalue weighted by atomic mass is 9.96. The average Bonchev–Trinajstić information content (AvgIpc) is 2.71. The zero-order valence-corrected chi connectivity index (χ0v) is 16.5. The second kappa shape index (κ2) is 9.35. The van der Waals surface area contributed by atoms with Crippen LogP contribution in [0.5, 0.6) is 5.75 Å². The lowest BCUT2D eigenvalue weighted by Crippen LogP contribution is -2.46. The van der Waals surface area contributed by atoms with Crippen LogP contribution in [-0.2, 0) is 16.1 Å². The van der Waals surface area contributed by atoms with Crippen molar-refractivity contribution in [2.45, 2.75) is 26.3 Å². The van der Waals surface area contributed by atoms with Crippen molar-refractivity contribution >= 4 is 11.8 Å². The van der Waals surface area contributed by atoms with Gasteiger partial charge in [-0.15, -0.1) is 0 Å². The van der Waals surface area contributed by atoms with Crippen LogP contribution in [0.15, 0.2) is 48.7 Å². The van der Waals surface area contributed by atoms with Crippen LogP contribution in [-0.4, -0.2) is 53.3 Å². The Morgan fingerprint density at radius 3 is 2.75 bits per heavy atom. The SMILES string of the molecule is Cc1ccc(OCCN(C)C(=O)[C@H]2CCC(=O)N(Cc3ccccn3)C2)cc1. The molecule has 1 aromatic heterocycles. The summed E-state index contributed by atoms with van der Waals surface area (Å²) in [6, 6.07) is 13.5. The fraction of sp³-hybridized carbons (Fsp3) is 0.409. The molecule has 3 rings (SSSR count). The van der Waals surface area contributed by atoms with E-state index in [1.807, 2.05) is 49.4 Å². The summed E-state index contributed by atoms with van der Waals surface area (Å²) >= 11 is 0. The lowest BCUT2D eigenvalue weighted by molar-refractivity contribution is -0.143. The van der Waals surface area contributed by atoms with E-state index in [4.69, 9.17) is 4.74 Å². The van der Waals surface area contributed by atoms with Gasteiger partial charge in [0.2, 0.25) is 11.8 Å². The molecule has 1 aliphatic heterocycles. The molecule has 1 aliphatic rings. The predicted octanol–water partition coefficient (Wildman–Crippen LogP) is 2.67. The minimum Gasteiger partial charge on any atom is -0.492 e. The van der Waals surface area contributed by atoms with Crippen LogP contribution in [0.2, 0.25) is 0 Å². The van der Waals surface area contributed by atoms with E-state index in [2.05, 4.69) is 4.98 Å². The van der Waals surface area contributed by atoms with Crippen LogP contribution < -0.4 is 4.74 Å². The maximum Gasteiger partial charge on any atom is 0.227 e. The highest BCUT2D eigenvalue weighted by Gasteiger charge is 2.31. The van der Waals surface area contributed by atoms with Crippen LogP contribution in [0, 0.1) is 12.8 Å². The number of rotatable bonds is 7. The molecule has 0 spiro atoms. The van der Waals surface area contributed by atoms with E-state index in [9.17, 15) is 9.59 Å².